The van der Waals surface area contributed by atoms with Crippen LogP contribution >= 0.6 is 0 Å². The van der Waals surface area contributed by atoms with E-state index in [-0.39, 0.29) is 24.6 Å². The second-order valence-corrected chi connectivity index (χ2v) is 5.62. The molecule has 0 radical (unpaired) electrons. The molecule has 1 unspecified atom stereocenters. The molecule has 25 heavy (non-hydrogen) atoms. The summed E-state index contributed by atoms with van der Waals surface area (Å²) in [6.45, 7) is -0.0372. The van der Waals surface area contributed by atoms with Crippen molar-refractivity contribution in [3.63, 3.8) is 0 Å². The molecule has 2 amide bonds. The highest BCUT2D eigenvalue weighted by Crippen LogP contribution is 2.17. The van der Waals surface area contributed by atoms with E-state index in [0.717, 1.165) is 0 Å². The van der Waals surface area contributed by atoms with E-state index in [9.17, 15) is 14.4 Å². The van der Waals surface area contributed by atoms with Gasteiger partial charge in [-0.15, -0.1) is 5.10 Å². The first-order valence-electron chi connectivity index (χ1n) is 7.54. The Morgan fingerprint density at radius 1 is 1.24 bits per heavy atom. The molecular weight excluding hydrogens is 326 g/mol. The van der Waals surface area contributed by atoms with Gasteiger partial charge in [0.05, 0.1) is 18.7 Å². The van der Waals surface area contributed by atoms with Crippen LogP contribution in [0.5, 0.6) is 0 Å². The lowest BCUT2D eigenvalue weighted by atomic mass is 10.0. The zero-order valence-electron chi connectivity index (χ0n) is 13.9. The van der Waals surface area contributed by atoms with Gasteiger partial charge in [-0.05, 0) is 5.56 Å². The number of aliphatic carboxylic acids is 1. The lowest BCUT2D eigenvalue weighted by molar-refractivity contribution is -0.137. The molecule has 1 aromatic heterocycles. The van der Waals surface area contributed by atoms with E-state index in [2.05, 4.69) is 15.6 Å². The molecule has 2 rings (SSSR count). The molecule has 0 aliphatic carbocycles. The maximum Gasteiger partial charge on any atom is 0.305 e. The third-order valence-corrected chi connectivity index (χ3v) is 3.45. The second-order valence-electron chi connectivity index (χ2n) is 5.62. The Labute approximate surface area is 144 Å². The molecule has 0 aliphatic heterocycles. The van der Waals surface area contributed by atoms with Gasteiger partial charge in [0.2, 0.25) is 5.91 Å². The lowest BCUT2D eigenvalue weighted by Gasteiger charge is -2.16. The summed E-state index contributed by atoms with van der Waals surface area (Å²) in [5, 5.41) is 19.2. The number of carbonyl (C=O) groups is 3. The fourth-order valence-corrected chi connectivity index (χ4v) is 2.10. The molecule has 0 bridgehead atoms. The number of benzene rings is 1. The van der Waals surface area contributed by atoms with Crippen molar-refractivity contribution in [3.8, 4) is 0 Å². The molecule has 0 aliphatic rings. The summed E-state index contributed by atoms with van der Waals surface area (Å²) < 4.78 is 1.26. The minimum atomic E-state index is -1.03. The van der Waals surface area contributed by atoms with Crippen molar-refractivity contribution in [1.29, 1.82) is 0 Å². The summed E-state index contributed by atoms with van der Waals surface area (Å²) in [4.78, 5) is 36.4. The first-order chi connectivity index (χ1) is 11.9. The molecule has 0 saturated heterocycles. The van der Waals surface area contributed by atoms with Gasteiger partial charge in [0.1, 0.15) is 6.54 Å². The van der Waals surface area contributed by atoms with Gasteiger partial charge in [0.25, 0.3) is 5.91 Å². The third-order valence-electron chi connectivity index (χ3n) is 3.45. The summed E-state index contributed by atoms with van der Waals surface area (Å²) >= 11 is 0. The van der Waals surface area contributed by atoms with E-state index in [1.165, 1.54) is 15.8 Å². The summed E-state index contributed by atoms with van der Waals surface area (Å²) in [6, 6.07) is 8.11. The van der Waals surface area contributed by atoms with Crippen LogP contribution in [0.15, 0.2) is 36.5 Å². The van der Waals surface area contributed by atoms with E-state index >= 15 is 0 Å². The first kappa shape index (κ1) is 18.1. The average Bonchev–Trinajstić information content (AvgIpc) is 3.03. The Hall–Kier alpha value is -3.23. The SMILES string of the molecule is CN(C)C(=O)Cn1cc(C(=O)NC(CC(=O)O)c2ccccc2)nn1. The van der Waals surface area contributed by atoms with Crippen LogP contribution in [-0.4, -0.2) is 56.9 Å². The van der Waals surface area contributed by atoms with E-state index in [0.29, 0.717) is 5.56 Å². The number of nitrogens with one attached hydrogen (secondary N) is 1. The van der Waals surface area contributed by atoms with Crippen LogP contribution in [0.25, 0.3) is 0 Å². The maximum absolute atomic E-state index is 12.3. The Balaban J connectivity index is 2.09. The van der Waals surface area contributed by atoms with Crippen LogP contribution < -0.4 is 5.32 Å². The van der Waals surface area contributed by atoms with Crippen LogP contribution in [0, 0.1) is 0 Å². The summed E-state index contributed by atoms with van der Waals surface area (Å²) in [7, 11) is 3.23. The Kier molecular flexibility index (Phi) is 5.83. The van der Waals surface area contributed by atoms with Crippen LogP contribution in [-0.2, 0) is 16.1 Å². The third kappa shape index (κ3) is 5.13. The van der Waals surface area contributed by atoms with Crippen molar-refractivity contribution in [1.82, 2.24) is 25.2 Å². The number of likely N-dealkylation sites (N-methyl/N-ethyl adjacent to an activating group) is 1. The van der Waals surface area contributed by atoms with E-state index < -0.39 is 17.9 Å². The molecule has 0 spiro atoms. The molecule has 9 nitrogen and oxygen atoms in total. The van der Waals surface area contributed by atoms with Gasteiger partial charge in [-0.3, -0.25) is 14.4 Å². The molecule has 1 aromatic carbocycles. The zero-order valence-corrected chi connectivity index (χ0v) is 13.9. The van der Waals surface area contributed by atoms with Crippen molar-refractivity contribution < 1.29 is 19.5 Å². The molecule has 1 atom stereocenters. The number of aromatic nitrogens is 3. The molecular formula is C16H19N5O4. The van der Waals surface area contributed by atoms with E-state index in [4.69, 9.17) is 5.11 Å². The lowest BCUT2D eigenvalue weighted by Crippen LogP contribution is -2.30. The summed E-state index contributed by atoms with van der Waals surface area (Å²) in [5.74, 6) is -1.78. The van der Waals surface area contributed by atoms with Gasteiger partial charge in [-0.2, -0.15) is 0 Å². The van der Waals surface area contributed by atoms with Crippen LogP contribution in [0.4, 0.5) is 0 Å². The number of amides is 2. The highest BCUT2D eigenvalue weighted by atomic mass is 16.4. The molecule has 2 N–H and O–H groups in total. The van der Waals surface area contributed by atoms with Crippen molar-refractivity contribution in [3.05, 3.63) is 47.8 Å². The summed E-state index contributed by atoms with van der Waals surface area (Å²) in [5.41, 5.74) is 0.686. The van der Waals surface area contributed by atoms with Crippen LogP contribution in [0.3, 0.4) is 0 Å². The normalized spacial score (nSPS) is 11.6. The number of hydrogen-bond donors (Lipinski definition) is 2. The van der Waals surface area contributed by atoms with Gasteiger partial charge in [-0.1, -0.05) is 35.5 Å². The number of carboxylic acids is 1. The van der Waals surface area contributed by atoms with Gasteiger partial charge >= 0.3 is 5.97 Å². The minimum absolute atomic E-state index is 0.0119. The van der Waals surface area contributed by atoms with Gasteiger partial charge in [-0.25, -0.2) is 4.68 Å². The predicted molar refractivity (Wildman–Crippen MR) is 87.6 cm³/mol. The summed E-state index contributed by atoms with van der Waals surface area (Å²) in [6.07, 6.45) is 1.09. The number of nitrogens with zero attached hydrogens (tertiary/aromatic N) is 4. The molecule has 2 aromatic rings. The number of carboxylic acid groups (broad SMARTS) is 1. The van der Waals surface area contributed by atoms with E-state index in [1.54, 1.807) is 44.4 Å². The van der Waals surface area contributed by atoms with Crippen LogP contribution in [0.2, 0.25) is 0 Å². The van der Waals surface area contributed by atoms with Crippen molar-refractivity contribution in [2.45, 2.75) is 19.0 Å². The smallest absolute Gasteiger partial charge is 0.305 e. The number of carbonyl (C=O) groups excluding carboxylic acids is 2. The molecule has 132 valence electrons. The monoisotopic (exact) mass is 345 g/mol. The van der Waals surface area contributed by atoms with Crippen molar-refractivity contribution in [2.75, 3.05) is 14.1 Å². The minimum Gasteiger partial charge on any atom is -0.481 e. The highest BCUT2D eigenvalue weighted by molar-refractivity contribution is 5.92. The maximum atomic E-state index is 12.3. The van der Waals surface area contributed by atoms with Gasteiger partial charge in [0, 0.05) is 14.1 Å². The Bertz CT molecular complexity index is 757. The molecule has 9 heteroatoms. The second kappa shape index (κ2) is 8.04. The fraction of sp³-hybridized carbons (Fsp3) is 0.312. The standard InChI is InChI=1S/C16H19N5O4/c1-20(2)14(22)10-21-9-13(18-19-21)16(25)17-12(8-15(23)24)11-6-4-3-5-7-11/h3-7,9,12H,8,10H2,1-2H3,(H,17,25)(H,23,24). The predicted octanol–water partition coefficient (Wildman–Crippen LogP) is 0.312. The largest absolute Gasteiger partial charge is 0.481 e. The first-order valence-corrected chi connectivity index (χ1v) is 7.54. The van der Waals surface area contributed by atoms with Gasteiger partial charge in [0.15, 0.2) is 5.69 Å². The highest BCUT2D eigenvalue weighted by Gasteiger charge is 2.21. The fourth-order valence-electron chi connectivity index (χ4n) is 2.10. The quantitative estimate of drug-likeness (QED) is 0.746. The number of hydrogen-bond acceptors (Lipinski definition) is 5. The average molecular weight is 345 g/mol. The topological polar surface area (TPSA) is 117 Å². The van der Waals surface area contributed by atoms with Gasteiger partial charge < -0.3 is 15.3 Å². The molecule has 1 heterocycles. The number of rotatable bonds is 7. The van der Waals surface area contributed by atoms with Crippen LogP contribution in [0.1, 0.15) is 28.5 Å². The Morgan fingerprint density at radius 3 is 2.52 bits per heavy atom. The van der Waals surface area contributed by atoms with Crippen molar-refractivity contribution >= 4 is 17.8 Å². The zero-order chi connectivity index (χ0) is 18.4. The van der Waals surface area contributed by atoms with Crippen molar-refractivity contribution in [2.24, 2.45) is 0 Å². The molecule has 0 fully saturated rings. The van der Waals surface area contributed by atoms with E-state index in [1.807, 2.05) is 0 Å². The molecule has 0 saturated carbocycles. The Morgan fingerprint density at radius 2 is 1.92 bits per heavy atom.